The Bertz CT molecular complexity index is 1270. The number of anilines is 1. The molecule has 32 heavy (non-hydrogen) atoms. The monoisotopic (exact) mass is 443 g/mol. The number of halogens is 1. The molecule has 0 radical (unpaired) electrons. The molecule has 158 valence electrons. The number of carboxylic acid groups (broad SMARTS) is 1. The molecule has 0 aliphatic rings. The van der Waals surface area contributed by atoms with E-state index in [0.717, 1.165) is 5.56 Å². The van der Waals surface area contributed by atoms with Gasteiger partial charge in [0.2, 0.25) is 0 Å². The van der Waals surface area contributed by atoms with Gasteiger partial charge >= 0.3 is 5.97 Å². The zero-order valence-electron chi connectivity index (χ0n) is 16.8. The lowest BCUT2D eigenvalue weighted by atomic mass is 10.0. The van der Waals surface area contributed by atoms with E-state index < -0.39 is 11.9 Å². The highest BCUT2D eigenvalue weighted by molar-refractivity contribution is 6.37. The molecule has 0 spiro atoms. The van der Waals surface area contributed by atoms with E-state index in [0.29, 0.717) is 22.6 Å². The summed E-state index contributed by atoms with van der Waals surface area (Å²) in [5, 5.41) is 12.3. The molecule has 4 aromatic carbocycles. The van der Waals surface area contributed by atoms with E-state index in [2.05, 4.69) is 5.32 Å². The summed E-state index contributed by atoms with van der Waals surface area (Å²) in [6.07, 6.45) is 0. The largest absolute Gasteiger partial charge is 0.478 e. The van der Waals surface area contributed by atoms with Gasteiger partial charge in [0.1, 0.15) is 11.5 Å². The summed E-state index contributed by atoms with van der Waals surface area (Å²) in [6, 6.07) is 28.3. The Kier molecular flexibility index (Phi) is 6.19. The predicted molar refractivity (Wildman–Crippen MR) is 125 cm³/mol. The van der Waals surface area contributed by atoms with Gasteiger partial charge in [-0.25, -0.2) is 4.79 Å². The topological polar surface area (TPSA) is 75.6 Å². The Labute approximate surface area is 189 Å². The third-order valence-corrected chi connectivity index (χ3v) is 5.14. The molecule has 0 aliphatic carbocycles. The molecule has 0 fully saturated rings. The summed E-state index contributed by atoms with van der Waals surface area (Å²) in [5.74, 6) is -0.470. The first-order chi connectivity index (χ1) is 15.5. The van der Waals surface area contributed by atoms with E-state index in [1.165, 1.54) is 6.07 Å². The van der Waals surface area contributed by atoms with Gasteiger partial charge in [-0.15, -0.1) is 0 Å². The number of hydrogen-bond donors (Lipinski definition) is 2. The standard InChI is InChI=1S/C26H18ClNO4/c27-24-22(26(30)31)15-19(17-8-3-1-4-9-17)16-23(24)28-25(29)18-10-7-13-21(14-18)32-20-11-5-2-6-12-20/h1-16H,(H,28,29)(H,30,31). The van der Waals surface area contributed by atoms with E-state index >= 15 is 0 Å². The maximum atomic E-state index is 12.9. The fourth-order valence-corrected chi connectivity index (χ4v) is 3.43. The van der Waals surface area contributed by atoms with Crippen molar-refractivity contribution in [2.24, 2.45) is 0 Å². The number of hydrogen-bond acceptors (Lipinski definition) is 3. The Morgan fingerprint density at radius 1 is 0.750 bits per heavy atom. The van der Waals surface area contributed by atoms with Crippen LogP contribution in [-0.4, -0.2) is 17.0 Å². The van der Waals surface area contributed by atoms with Crippen molar-refractivity contribution in [2.45, 2.75) is 0 Å². The van der Waals surface area contributed by atoms with Crippen LogP contribution in [0.5, 0.6) is 11.5 Å². The van der Waals surface area contributed by atoms with Crippen molar-refractivity contribution >= 4 is 29.2 Å². The summed E-state index contributed by atoms with van der Waals surface area (Å²) in [7, 11) is 0. The number of benzene rings is 4. The number of nitrogens with one attached hydrogen (secondary N) is 1. The SMILES string of the molecule is O=C(Nc1cc(-c2ccccc2)cc(C(=O)O)c1Cl)c1cccc(Oc2ccccc2)c1. The van der Waals surface area contributed by atoms with Gasteiger partial charge in [0, 0.05) is 5.56 Å². The Hall–Kier alpha value is -4.09. The zero-order valence-corrected chi connectivity index (χ0v) is 17.5. The van der Waals surface area contributed by atoms with Crippen LogP contribution < -0.4 is 10.1 Å². The first-order valence-electron chi connectivity index (χ1n) is 9.78. The zero-order chi connectivity index (χ0) is 22.5. The first-order valence-corrected chi connectivity index (χ1v) is 10.2. The molecule has 5 nitrogen and oxygen atoms in total. The van der Waals surface area contributed by atoms with Crippen molar-refractivity contribution in [1.29, 1.82) is 0 Å². The van der Waals surface area contributed by atoms with Crippen LogP contribution >= 0.6 is 11.6 Å². The number of aromatic carboxylic acids is 1. The second-order valence-electron chi connectivity index (χ2n) is 6.95. The van der Waals surface area contributed by atoms with Gasteiger partial charge < -0.3 is 15.2 Å². The van der Waals surface area contributed by atoms with Gasteiger partial charge in [-0.05, 0) is 53.6 Å². The van der Waals surface area contributed by atoms with Crippen molar-refractivity contribution in [3.05, 3.63) is 113 Å². The lowest BCUT2D eigenvalue weighted by Gasteiger charge is -2.13. The van der Waals surface area contributed by atoms with Crippen LogP contribution in [0.4, 0.5) is 5.69 Å². The molecule has 4 rings (SSSR count). The lowest BCUT2D eigenvalue weighted by Crippen LogP contribution is -2.13. The van der Waals surface area contributed by atoms with Gasteiger partial charge in [-0.3, -0.25) is 4.79 Å². The second kappa shape index (κ2) is 9.37. The van der Waals surface area contributed by atoms with Crippen molar-refractivity contribution in [2.75, 3.05) is 5.32 Å². The molecule has 0 aromatic heterocycles. The highest BCUT2D eigenvalue weighted by Gasteiger charge is 2.18. The number of amides is 1. The minimum absolute atomic E-state index is 0.0396. The van der Waals surface area contributed by atoms with Crippen LogP contribution in [0.25, 0.3) is 11.1 Å². The minimum Gasteiger partial charge on any atom is -0.478 e. The quantitative estimate of drug-likeness (QED) is 0.345. The number of carbonyl (C=O) groups is 2. The molecule has 4 aromatic rings. The molecule has 2 N–H and O–H groups in total. The number of carboxylic acids is 1. The molecule has 0 atom stereocenters. The van der Waals surface area contributed by atoms with Crippen LogP contribution in [0, 0.1) is 0 Å². The lowest BCUT2D eigenvalue weighted by molar-refractivity contribution is 0.0696. The molecule has 0 aliphatic heterocycles. The number of rotatable bonds is 6. The molecular formula is C26H18ClNO4. The smallest absolute Gasteiger partial charge is 0.337 e. The molecule has 1 amide bonds. The van der Waals surface area contributed by atoms with E-state index in [9.17, 15) is 14.7 Å². The van der Waals surface area contributed by atoms with E-state index in [-0.39, 0.29) is 16.3 Å². The Balaban J connectivity index is 1.64. The van der Waals surface area contributed by atoms with E-state index in [4.69, 9.17) is 16.3 Å². The molecule has 0 bridgehead atoms. The van der Waals surface area contributed by atoms with Gasteiger partial charge in [-0.2, -0.15) is 0 Å². The minimum atomic E-state index is -1.18. The van der Waals surface area contributed by atoms with E-state index in [1.54, 1.807) is 30.3 Å². The summed E-state index contributed by atoms with van der Waals surface area (Å²) < 4.78 is 5.79. The van der Waals surface area contributed by atoms with Gasteiger partial charge in [0.05, 0.1) is 16.3 Å². The molecule has 6 heteroatoms. The summed E-state index contributed by atoms with van der Waals surface area (Å²) in [4.78, 5) is 24.6. The average Bonchev–Trinajstić information content (AvgIpc) is 2.81. The maximum absolute atomic E-state index is 12.9. The van der Waals surface area contributed by atoms with Crippen LogP contribution in [-0.2, 0) is 0 Å². The second-order valence-corrected chi connectivity index (χ2v) is 7.33. The van der Waals surface area contributed by atoms with E-state index in [1.807, 2.05) is 60.7 Å². The fraction of sp³-hybridized carbons (Fsp3) is 0. The first kappa shape index (κ1) is 21.2. The number of carbonyl (C=O) groups excluding carboxylic acids is 1. The van der Waals surface area contributed by atoms with Crippen molar-refractivity contribution in [3.63, 3.8) is 0 Å². The fourth-order valence-electron chi connectivity index (χ4n) is 3.19. The van der Waals surface area contributed by atoms with Gasteiger partial charge in [0.25, 0.3) is 5.91 Å². The summed E-state index contributed by atoms with van der Waals surface area (Å²) in [5.41, 5.74) is 1.90. The molecule has 0 saturated carbocycles. The van der Waals surface area contributed by atoms with Gasteiger partial charge in [0.15, 0.2) is 0 Å². The van der Waals surface area contributed by atoms with Crippen molar-refractivity contribution < 1.29 is 19.4 Å². The van der Waals surface area contributed by atoms with Crippen molar-refractivity contribution in [3.8, 4) is 22.6 Å². The van der Waals surface area contributed by atoms with Crippen LogP contribution in [0.3, 0.4) is 0 Å². The van der Waals surface area contributed by atoms with Crippen LogP contribution in [0.2, 0.25) is 5.02 Å². The molecule has 0 unspecified atom stereocenters. The third kappa shape index (κ3) is 4.79. The molecule has 0 heterocycles. The molecule has 0 saturated heterocycles. The van der Waals surface area contributed by atoms with Crippen LogP contribution in [0.15, 0.2) is 97.1 Å². The third-order valence-electron chi connectivity index (χ3n) is 4.73. The highest BCUT2D eigenvalue weighted by atomic mass is 35.5. The Morgan fingerprint density at radius 3 is 2.09 bits per heavy atom. The summed E-state index contributed by atoms with van der Waals surface area (Å²) >= 11 is 6.31. The normalized spacial score (nSPS) is 10.4. The highest BCUT2D eigenvalue weighted by Crippen LogP contribution is 2.33. The van der Waals surface area contributed by atoms with Crippen molar-refractivity contribution in [1.82, 2.24) is 0 Å². The number of ether oxygens (including phenoxy) is 1. The Morgan fingerprint density at radius 2 is 1.41 bits per heavy atom. The van der Waals surface area contributed by atoms with Gasteiger partial charge in [-0.1, -0.05) is 66.2 Å². The summed E-state index contributed by atoms with van der Waals surface area (Å²) in [6.45, 7) is 0. The predicted octanol–water partition coefficient (Wildman–Crippen LogP) is 6.75. The average molecular weight is 444 g/mol. The molecular weight excluding hydrogens is 426 g/mol. The maximum Gasteiger partial charge on any atom is 0.337 e. The van der Waals surface area contributed by atoms with Crippen LogP contribution in [0.1, 0.15) is 20.7 Å². The number of para-hydroxylation sites is 1.